The summed E-state index contributed by atoms with van der Waals surface area (Å²) < 4.78 is 35.4. The molecule has 1 aliphatic rings. The van der Waals surface area contributed by atoms with Gasteiger partial charge in [0.1, 0.15) is 24.7 Å². The van der Waals surface area contributed by atoms with Crippen LogP contribution in [0.15, 0.2) is 66.7 Å². The molecular formula is C28H33BO6. The molecule has 0 radical (unpaired) electrons. The Kier molecular flexibility index (Phi) is 7.29. The second-order valence-corrected chi connectivity index (χ2v) is 9.57. The van der Waals surface area contributed by atoms with E-state index in [9.17, 15) is 0 Å². The van der Waals surface area contributed by atoms with Crippen molar-refractivity contribution < 1.29 is 28.3 Å². The topological polar surface area (TPSA) is 55.4 Å². The maximum absolute atomic E-state index is 6.24. The zero-order valence-electron chi connectivity index (χ0n) is 21.3. The molecule has 0 bridgehead atoms. The molecule has 1 aliphatic heterocycles. The van der Waals surface area contributed by atoms with E-state index in [0.717, 1.165) is 28.1 Å². The van der Waals surface area contributed by atoms with Crippen molar-refractivity contribution in [3.05, 3.63) is 77.9 Å². The third kappa shape index (κ3) is 5.74. The van der Waals surface area contributed by atoms with Gasteiger partial charge in [0.2, 0.25) is 0 Å². The summed E-state index contributed by atoms with van der Waals surface area (Å²) in [4.78, 5) is 0. The maximum atomic E-state index is 6.24. The molecule has 1 heterocycles. The van der Waals surface area contributed by atoms with Crippen molar-refractivity contribution in [2.24, 2.45) is 0 Å². The van der Waals surface area contributed by atoms with Crippen LogP contribution in [-0.4, -0.2) is 32.5 Å². The van der Waals surface area contributed by atoms with Crippen LogP contribution >= 0.6 is 0 Å². The number of methoxy groups -OCH3 is 2. The van der Waals surface area contributed by atoms with Gasteiger partial charge in [-0.3, -0.25) is 0 Å². The van der Waals surface area contributed by atoms with Gasteiger partial charge in [0.05, 0.1) is 25.4 Å². The van der Waals surface area contributed by atoms with Gasteiger partial charge in [0.25, 0.3) is 0 Å². The first-order valence-electron chi connectivity index (χ1n) is 11.7. The van der Waals surface area contributed by atoms with Crippen LogP contribution < -0.4 is 24.4 Å². The quantitative estimate of drug-likeness (QED) is 0.398. The maximum Gasteiger partial charge on any atom is 0.494 e. The summed E-state index contributed by atoms with van der Waals surface area (Å²) in [5.41, 5.74) is 2.08. The predicted molar refractivity (Wildman–Crippen MR) is 137 cm³/mol. The summed E-state index contributed by atoms with van der Waals surface area (Å²) in [7, 11) is 2.82. The molecule has 1 fully saturated rings. The first-order chi connectivity index (χ1) is 16.7. The molecule has 3 aromatic rings. The van der Waals surface area contributed by atoms with E-state index < -0.39 is 18.3 Å². The van der Waals surface area contributed by atoms with Crippen LogP contribution in [0.3, 0.4) is 0 Å². The average Bonchev–Trinajstić information content (AvgIpc) is 3.08. The number of rotatable bonds is 9. The summed E-state index contributed by atoms with van der Waals surface area (Å²) in [5.74, 6) is 2.89. The molecule has 0 aliphatic carbocycles. The highest BCUT2D eigenvalue weighted by atomic mass is 16.7. The second kappa shape index (κ2) is 10.2. The number of benzene rings is 3. The Bertz CT molecular complexity index is 1110. The highest BCUT2D eigenvalue weighted by molar-refractivity contribution is 6.62. The van der Waals surface area contributed by atoms with Crippen LogP contribution in [0.5, 0.6) is 23.0 Å². The second-order valence-electron chi connectivity index (χ2n) is 9.57. The summed E-state index contributed by atoms with van der Waals surface area (Å²) >= 11 is 0. The molecule has 0 amide bonds. The van der Waals surface area contributed by atoms with E-state index in [2.05, 4.69) is 0 Å². The minimum atomic E-state index is -0.487. The Morgan fingerprint density at radius 2 is 1.09 bits per heavy atom. The number of hydrogen-bond acceptors (Lipinski definition) is 6. The molecule has 35 heavy (non-hydrogen) atoms. The van der Waals surface area contributed by atoms with Crippen molar-refractivity contribution in [3.63, 3.8) is 0 Å². The third-order valence-electron chi connectivity index (χ3n) is 6.60. The van der Waals surface area contributed by atoms with Gasteiger partial charge in [-0.15, -0.1) is 0 Å². The lowest BCUT2D eigenvalue weighted by atomic mass is 9.79. The fourth-order valence-corrected chi connectivity index (χ4v) is 3.65. The Labute approximate surface area is 208 Å². The zero-order valence-corrected chi connectivity index (χ0v) is 21.3. The van der Waals surface area contributed by atoms with Gasteiger partial charge in [0.15, 0.2) is 11.5 Å². The normalized spacial score (nSPS) is 16.1. The minimum Gasteiger partial charge on any atom is -0.497 e. The molecule has 3 aromatic carbocycles. The van der Waals surface area contributed by atoms with Gasteiger partial charge in [-0.05, 0) is 80.7 Å². The molecule has 7 heteroatoms. The van der Waals surface area contributed by atoms with E-state index in [1.165, 1.54) is 0 Å². The SMILES string of the molecule is COc1ccc(COc2ccc(B3OC(C)(C)C(C)(C)O3)cc2OCc2ccc(OC)cc2)cc1. The number of hydrogen-bond donors (Lipinski definition) is 0. The summed E-state index contributed by atoms with van der Waals surface area (Å²) in [6.45, 7) is 8.95. The van der Waals surface area contributed by atoms with Gasteiger partial charge >= 0.3 is 7.12 Å². The Morgan fingerprint density at radius 1 is 0.629 bits per heavy atom. The molecule has 0 N–H and O–H groups in total. The standard InChI is InChI=1S/C28H33BO6/c1-27(2)28(3,4)35-29(34-27)22-11-16-25(32-18-20-7-12-23(30-5)13-8-20)26(17-22)33-19-21-9-14-24(31-6)15-10-21/h7-17H,18-19H2,1-6H3. The van der Waals surface area contributed by atoms with Gasteiger partial charge in [-0.1, -0.05) is 30.3 Å². The van der Waals surface area contributed by atoms with Crippen LogP contribution in [0.2, 0.25) is 0 Å². The van der Waals surface area contributed by atoms with E-state index in [0.29, 0.717) is 24.7 Å². The summed E-state index contributed by atoms with van der Waals surface area (Å²) in [5, 5.41) is 0. The van der Waals surface area contributed by atoms with Crippen molar-refractivity contribution in [2.45, 2.75) is 52.1 Å². The third-order valence-corrected chi connectivity index (χ3v) is 6.60. The van der Waals surface area contributed by atoms with E-state index in [1.54, 1.807) is 14.2 Å². The monoisotopic (exact) mass is 476 g/mol. The lowest BCUT2D eigenvalue weighted by Gasteiger charge is -2.32. The van der Waals surface area contributed by atoms with Gasteiger partial charge in [-0.25, -0.2) is 0 Å². The Hall–Kier alpha value is -3.16. The Balaban J connectivity index is 1.55. The largest absolute Gasteiger partial charge is 0.497 e. The fraction of sp³-hybridized carbons (Fsp3) is 0.357. The van der Waals surface area contributed by atoms with Crippen LogP contribution in [0, 0.1) is 0 Å². The predicted octanol–water partition coefficient (Wildman–Crippen LogP) is 5.16. The molecule has 1 saturated heterocycles. The van der Waals surface area contributed by atoms with Crippen molar-refractivity contribution in [1.82, 2.24) is 0 Å². The molecule has 0 aromatic heterocycles. The van der Waals surface area contributed by atoms with Gasteiger partial charge < -0.3 is 28.3 Å². The van der Waals surface area contributed by atoms with Crippen molar-refractivity contribution in [1.29, 1.82) is 0 Å². The lowest BCUT2D eigenvalue weighted by molar-refractivity contribution is 0.00578. The van der Waals surface area contributed by atoms with Crippen LogP contribution in [0.4, 0.5) is 0 Å². The van der Waals surface area contributed by atoms with Crippen molar-refractivity contribution >= 4 is 12.6 Å². The molecular weight excluding hydrogens is 443 g/mol. The Morgan fingerprint density at radius 3 is 1.54 bits per heavy atom. The van der Waals surface area contributed by atoms with Crippen LogP contribution in [-0.2, 0) is 22.5 Å². The molecule has 0 atom stereocenters. The number of ether oxygens (including phenoxy) is 4. The van der Waals surface area contributed by atoms with E-state index in [1.807, 2.05) is 94.4 Å². The smallest absolute Gasteiger partial charge is 0.494 e. The minimum absolute atomic E-state index is 0.385. The first-order valence-corrected chi connectivity index (χ1v) is 11.7. The lowest BCUT2D eigenvalue weighted by Crippen LogP contribution is -2.41. The van der Waals surface area contributed by atoms with Gasteiger partial charge in [0, 0.05) is 0 Å². The van der Waals surface area contributed by atoms with E-state index in [4.69, 9.17) is 28.3 Å². The zero-order chi connectivity index (χ0) is 25.1. The van der Waals surface area contributed by atoms with Crippen LogP contribution in [0.25, 0.3) is 0 Å². The summed E-state index contributed by atoms with van der Waals surface area (Å²) in [6, 6.07) is 21.4. The van der Waals surface area contributed by atoms with Crippen molar-refractivity contribution in [3.8, 4) is 23.0 Å². The molecule has 6 nitrogen and oxygen atoms in total. The first kappa shape index (κ1) is 25.0. The fourth-order valence-electron chi connectivity index (χ4n) is 3.65. The molecule has 0 unspecified atom stereocenters. The van der Waals surface area contributed by atoms with Gasteiger partial charge in [-0.2, -0.15) is 0 Å². The molecule has 0 saturated carbocycles. The molecule has 184 valence electrons. The highest BCUT2D eigenvalue weighted by Crippen LogP contribution is 2.37. The molecule has 4 rings (SSSR count). The van der Waals surface area contributed by atoms with Crippen molar-refractivity contribution in [2.75, 3.05) is 14.2 Å². The van der Waals surface area contributed by atoms with E-state index in [-0.39, 0.29) is 0 Å². The van der Waals surface area contributed by atoms with E-state index >= 15 is 0 Å². The summed E-state index contributed by atoms with van der Waals surface area (Å²) in [6.07, 6.45) is 0. The average molecular weight is 476 g/mol. The molecule has 0 spiro atoms. The van der Waals surface area contributed by atoms with Crippen LogP contribution in [0.1, 0.15) is 38.8 Å². The highest BCUT2D eigenvalue weighted by Gasteiger charge is 2.51.